The van der Waals surface area contributed by atoms with E-state index in [2.05, 4.69) is 4.98 Å². The Morgan fingerprint density at radius 3 is 3.09 bits per heavy atom. The first-order valence-corrected chi connectivity index (χ1v) is 4.14. The molecule has 0 spiro atoms. The molecule has 0 amide bonds. The maximum absolute atomic E-state index is 12.9. The van der Waals surface area contributed by atoms with Gasteiger partial charge >= 0.3 is 0 Å². The molecular formula is C8H6FNS. The van der Waals surface area contributed by atoms with Crippen LogP contribution in [-0.4, -0.2) is 4.98 Å². The van der Waals surface area contributed by atoms with Gasteiger partial charge in [0.15, 0.2) is 0 Å². The molecule has 0 atom stereocenters. The molecule has 56 valence electrons. The van der Waals surface area contributed by atoms with E-state index < -0.39 is 0 Å². The second-order valence-corrected chi connectivity index (χ2v) is 3.31. The monoisotopic (exact) mass is 167 g/mol. The molecule has 11 heavy (non-hydrogen) atoms. The van der Waals surface area contributed by atoms with Gasteiger partial charge in [-0.2, -0.15) is 0 Å². The van der Waals surface area contributed by atoms with Gasteiger partial charge in [0, 0.05) is 0 Å². The topological polar surface area (TPSA) is 12.9 Å². The van der Waals surface area contributed by atoms with Gasteiger partial charge in [-0.3, -0.25) is 0 Å². The van der Waals surface area contributed by atoms with E-state index in [0.29, 0.717) is 5.56 Å². The molecule has 1 aromatic carbocycles. The summed E-state index contributed by atoms with van der Waals surface area (Å²) in [4.78, 5) is 4.07. The number of halogens is 1. The van der Waals surface area contributed by atoms with Crippen LogP contribution in [0.25, 0.3) is 10.2 Å². The average molecular weight is 167 g/mol. The lowest BCUT2D eigenvalue weighted by Gasteiger charge is -1.93. The molecule has 0 aliphatic rings. The molecular weight excluding hydrogens is 161 g/mol. The van der Waals surface area contributed by atoms with Crippen molar-refractivity contribution in [3.63, 3.8) is 0 Å². The first kappa shape index (κ1) is 6.73. The predicted molar refractivity (Wildman–Crippen MR) is 44.3 cm³/mol. The van der Waals surface area contributed by atoms with E-state index in [1.807, 2.05) is 0 Å². The van der Waals surface area contributed by atoms with Crippen molar-refractivity contribution in [3.8, 4) is 0 Å². The van der Waals surface area contributed by atoms with E-state index >= 15 is 0 Å². The van der Waals surface area contributed by atoms with Crippen LogP contribution < -0.4 is 0 Å². The van der Waals surface area contributed by atoms with Crippen LogP contribution in [0.2, 0.25) is 0 Å². The number of benzene rings is 1. The lowest BCUT2D eigenvalue weighted by Crippen LogP contribution is -1.79. The number of aromatic nitrogens is 1. The van der Waals surface area contributed by atoms with Crippen LogP contribution in [0.15, 0.2) is 17.6 Å². The molecule has 0 aliphatic heterocycles. The number of hydrogen-bond acceptors (Lipinski definition) is 2. The molecule has 1 nitrogen and oxygen atoms in total. The van der Waals surface area contributed by atoms with Crippen LogP contribution in [0, 0.1) is 12.7 Å². The lowest BCUT2D eigenvalue weighted by molar-refractivity contribution is 0.620. The number of thiazole rings is 1. The van der Waals surface area contributed by atoms with Gasteiger partial charge in [-0.05, 0) is 24.6 Å². The van der Waals surface area contributed by atoms with Crippen LogP contribution in [0.3, 0.4) is 0 Å². The Morgan fingerprint density at radius 1 is 1.45 bits per heavy atom. The normalized spacial score (nSPS) is 10.7. The number of nitrogens with zero attached hydrogens (tertiary/aromatic N) is 1. The second kappa shape index (κ2) is 2.27. The van der Waals surface area contributed by atoms with Crippen molar-refractivity contribution in [2.24, 2.45) is 0 Å². The highest BCUT2D eigenvalue weighted by Gasteiger charge is 2.01. The van der Waals surface area contributed by atoms with E-state index in [4.69, 9.17) is 0 Å². The molecule has 2 aromatic rings. The fourth-order valence-corrected chi connectivity index (χ4v) is 1.67. The first-order chi connectivity index (χ1) is 5.27. The minimum absolute atomic E-state index is 0.151. The van der Waals surface area contributed by atoms with E-state index in [9.17, 15) is 4.39 Å². The van der Waals surface area contributed by atoms with Crippen molar-refractivity contribution in [3.05, 3.63) is 29.0 Å². The van der Waals surface area contributed by atoms with Crippen LogP contribution in [0.4, 0.5) is 4.39 Å². The summed E-state index contributed by atoms with van der Waals surface area (Å²) in [5.41, 5.74) is 3.26. The molecule has 2 rings (SSSR count). The summed E-state index contributed by atoms with van der Waals surface area (Å²) >= 11 is 1.46. The Kier molecular flexibility index (Phi) is 1.39. The van der Waals surface area contributed by atoms with Gasteiger partial charge in [0.05, 0.1) is 15.7 Å². The summed E-state index contributed by atoms with van der Waals surface area (Å²) in [6, 6.07) is 3.30. The Bertz CT molecular complexity index is 358. The van der Waals surface area contributed by atoms with E-state index in [1.54, 1.807) is 18.5 Å². The molecule has 0 N–H and O–H groups in total. The number of fused-ring (bicyclic) bond motifs is 1. The summed E-state index contributed by atoms with van der Waals surface area (Å²) in [6.07, 6.45) is 0. The van der Waals surface area contributed by atoms with E-state index in [1.165, 1.54) is 17.4 Å². The molecule has 0 saturated carbocycles. The summed E-state index contributed by atoms with van der Waals surface area (Å²) in [6.45, 7) is 1.74. The molecule has 0 bridgehead atoms. The van der Waals surface area contributed by atoms with Gasteiger partial charge < -0.3 is 0 Å². The van der Waals surface area contributed by atoms with Crippen molar-refractivity contribution in [2.75, 3.05) is 0 Å². The fourth-order valence-electron chi connectivity index (χ4n) is 0.983. The van der Waals surface area contributed by atoms with Crippen molar-refractivity contribution in [1.82, 2.24) is 4.98 Å². The zero-order chi connectivity index (χ0) is 7.84. The van der Waals surface area contributed by atoms with Crippen LogP contribution in [0.5, 0.6) is 0 Å². The van der Waals surface area contributed by atoms with Gasteiger partial charge in [-0.15, -0.1) is 11.3 Å². The number of rotatable bonds is 0. The minimum Gasteiger partial charge on any atom is -0.245 e. The third kappa shape index (κ3) is 1.01. The second-order valence-electron chi connectivity index (χ2n) is 2.42. The van der Waals surface area contributed by atoms with Crippen molar-refractivity contribution >= 4 is 21.6 Å². The van der Waals surface area contributed by atoms with Gasteiger partial charge in [-0.1, -0.05) is 0 Å². The molecule has 0 fully saturated rings. The highest BCUT2D eigenvalue weighted by atomic mass is 32.1. The Morgan fingerprint density at radius 2 is 2.27 bits per heavy atom. The minimum atomic E-state index is -0.151. The fraction of sp³-hybridized carbons (Fsp3) is 0.125. The third-order valence-electron chi connectivity index (χ3n) is 1.61. The quantitative estimate of drug-likeness (QED) is 0.588. The molecule has 0 saturated heterocycles. The van der Waals surface area contributed by atoms with Gasteiger partial charge in [0.2, 0.25) is 0 Å². The Labute approximate surface area is 67.5 Å². The Balaban J connectivity index is 2.86. The maximum Gasteiger partial charge on any atom is 0.127 e. The predicted octanol–water partition coefficient (Wildman–Crippen LogP) is 2.74. The standard InChI is InChI=1S/C8H6FNS/c1-5-2-7-8(3-6(5)9)11-4-10-7/h2-4H,1H3. The molecule has 0 aliphatic carbocycles. The summed E-state index contributed by atoms with van der Waals surface area (Å²) < 4.78 is 13.8. The third-order valence-corrected chi connectivity index (χ3v) is 2.40. The summed E-state index contributed by atoms with van der Waals surface area (Å²) in [5.74, 6) is -0.151. The largest absolute Gasteiger partial charge is 0.245 e. The maximum atomic E-state index is 12.9. The molecule has 1 aromatic heterocycles. The lowest BCUT2D eigenvalue weighted by atomic mass is 10.2. The van der Waals surface area contributed by atoms with Crippen molar-refractivity contribution in [2.45, 2.75) is 6.92 Å². The van der Waals surface area contributed by atoms with Gasteiger partial charge in [0.1, 0.15) is 5.82 Å². The summed E-state index contributed by atoms with van der Waals surface area (Å²) in [5, 5.41) is 0. The van der Waals surface area contributed by atoms with Crippen molar-refractivity contribution < 1.29 is 4.39 Å². The average Bonchev–Trinajstić information content (AvgIpc) is 2.36. The van der Waals surface area contributed by atoms with E-state index in [-0.39, 0.29) is 5.82 Å². The smallest absolute Gasteiger partial charge is 0.127 e. The zero-order valence-electron chi connectivity index (χ0n) is 5.97. The molecule has 3 heteroatoms. The summed E-state index contributed by atoms with van der Waals surface area (Å²) in [7, 11) is 0. The Hall–Kier alpha value is -0.960. The molecule has 0 radical (unpaired) electrons. The number of hydrogen-bond donors (Lipinski definition) is 0. The van der Waals surface area contributed by atoms with Gasteiger partial charge in [-0.25, -0.2) is 9.37 Å². The number of aryl methyl sites for hydroxylation is 1. The van der Waals surface area contributed by atoms with Crippen LogP contribution in [-0.2, 0) is 0 Å². The highest BCUT2D eigenvalue weighted by molar-refractivity contribution is 7.16. The van der Waals surface area contributed by atoms with Crippen LogP contribution in [0.1, 0.15) is 5.56 Å². The SMILES string of the molecule is Cc1cc2ncsc2cc1F. The zero-order valence-corrected chi connectivity index (χ0v) is 6.78. The van der Waals surface area contributed by atoms with Crippen LogP contribution >= 0.6 is 11.3 Å². The molecule has 1 heterocycles. The first-order valence-electron chi connectivity index (χ1n) is 3.27. The van der Waals surface area contributed by atoms with E-state index in [0.717, 1.165) is 10.2 Å². The van der Waals surface area contributed by atoms with Crippen molar-refractivity contribution in [1.29, 1.82) is 0 Å². The highest BCUT2D eigenvalue weighted by Crippen LogP contribution is 2.20. The van der Waals surface area contributed by atoms with Gasteiger partial charge in [0.25, 0.3) is 0 Å². The molecule has 0 unspecified atom stereocenters.